The number of carbonyl (C=O) groups is 1. The van der Waals surface area contributed by atoms with E-state index in [1.807, 2.05) is 5.38 Å². The second kappa shape index (κ2) is 5.68. The Kier molecular flexibility index (Phi) is 3.75. The number of nitrogens with one attached hydrogen (secondary N) is 1. The molecule has 1 N–H and O–H groups in total. The molecule has 2 aromatic rings. The van der Waals surface area contributed by atoms with Crippen molar-refractivity contribution in [2.45, 2.75) is 25.4 Å². The molecule has 0 aromatic carbocycles. The minimum atomic E-state index is -0.445. The van der Waals surface area contributed by atoms with E-state index in [1.54, 1.807) is 22.2 Å². The van der Waals surface area contributed by atoms with Gasteiger partial charge in [-0.3, -0.25) is 0 Å². The predicted octanol–water partition coefficient (Wildman–Crippen LogP) is 0.994. The third-order valence-corrected chi connectivity index (χ3v) is 4.08. The molecule has 20 heavy (non-hydrogen) atoms. The zero-order valence-electron chi connectivity index (χ0n) is 11.1. The maximum absolute atomic E-state index is 11.8. The molecule has 1 unspecified atom stereocenters. The van der Waals surface area contributed by atoms with Crippen molar-refractivity contribution >= 4 is 17.3 Å². The van der Waals surface area contributed by atoms with Gasteiger partial charge in [-0.1, -0.05) is 5.21 Å². The van der Waals surface area contributed by atoms with Crippen LogP contribution in [-0.2, 0) is 11.3 Å². The van der Waals surface area contributed by atoms with Gasteiger partial charge in [-0.2, -0.15) is 0 Å². The SMILES string of the molecule is COC(=O)c1nnn(Cc2nccs2)c1C1CCCN1. The van der Waals surface area contributed by atoms with Gasteiger partial charge >= 0.3 is 5.97 Å². The minimum Gasteiger partial charge on any atom is -0.464 e. The van der Waals surface area contributed by atoms with Crippen molar-refractivity contribution in [1.29, 1.82) is 0 Å². The number of nitrogens with zero attached hydrogens (tertiary/aromatic N) is 4. The Morgan fingerprint density at radius 3 is 3.20 bits per heavy atom. The van der Waals surface area contributed by atoms with Gasteiger partial charge in [0.15, 0.2) is 5.69 Å². The van der Waals surface area contributed by atoms with E-state index in [-0.39, 0.29) is 6.04 Å². The van der Waals surface area contributed by atoms with Crippen LogP contribution >= 0.6 is 11.3 Å². The number of aromatic nitrogens is 4. The molecule has 1 saturated heterocycles. The summed E-state index contributed by atoms with van der Waals surface area (Å²) in [6.45, 7) is 1.46. The molecule has 2 aromatic heterocycles. The highest BCUT2D eigenvalue weighted by molar-refractivity contribution is 7.09. The molecule has 3 rings (SSSR count). The Morgan fingerprint density at radius 2 is 2.55 bits per heavy atom. The maximum Gasteiger partial charge on any atom is 0.360 e. The average molecular weight is 293 g/mol. The Morgan fingerprint density at radius 1 is 1.65 bits per heavy atom. The molecule has 1 atom stereocenters. The molecule has 3 heterocycles. The van der Waals surface area contributed by atoms with E-state index in [4.69, 9.17) is 4.74 Å². The van der Waals surface area contributed by atoms with Crippen molar-refractivity contribution in [3.8, 4) is 0 Å². The minimum absolute atomic E-state index is 0.0964. The zero-order chi connectivity index (χ0) is 13.9. The van der Waals surface area contributed by atoms with Crippen molar-refractivity contribution in [2.24, 2.45) is 0 Å². The van der Waals surface area contributed by atoms with Gasteiger partial charge < -0.3 is 10.1 Å². The van der Waals surface area contributed by atoms with Crippen molar-refractivity contribution in [1.82, 2.24) is 25.3 Å². The summed E-state index contributed by atoms with van der Waals surface area (Å²) in [5.41, 5.74) is 1.09. The lowest BCUT2D eigenvalue weighted by Crippen LogP contribution is -2.21. The summed E-state index contributed by atoms with van der Waals surface area (Å²) in [5.74, 6) is -0.445. The highest BCUT2D eigenvalue weighted by Crippen LogP contribution is 2.26. The molecule has 8 heteroatoms. The number of ether oxygens (including phenoxy) is 1. The number of hydrogen-bond donors (Lipinski definition) is 1. The fourth-order valence-electron chi connectivity index (χ4n) is 2.40. The smallest absolute Gasteiger partial charge is 0.360 e. The first kappa shape index (κ1) is 13.2. The van der Waals surface area contributed by atoms with Crippen LogP contribution in [0.4, 0.5) is 0 Å². The first-order chi connectivity index (χ1) is 9.79. The van der Waals surface area contributed by atoms with Crippen LogP contribution in [0, 0.1) is 0 Å². The van der Waals surface area contributed by atoms with E-state index < -0.39 is 5.97 Å². The molecular formula is C12H15N5O2S. The van der Waals surface area contributed by atoms with Gasteiger partial charge in [-0.05, 0) is 19.4 Å². The third kappa shape index (κ3) is 2.44. The lowest BCUT2D eigenvalue weighted by Gasteiger charge is -2.13. The fraction of sp³-hybridized carbons (Fsp3) is 0.500. The van der Waals surface area contributed by atoms with Crippen LogP contribution < -0.4 is 5.32 Å². The summed E-state index contributed by atoms with van der Waals surface area (Å²) in [6.07, 6.45) is 3.80. The van der Waals surface area contributed by atoms with Gasteiger partial charge in [0, 0.05) is 11.6 Å². The Hall–Kier alpha value is -1.80. The van der Waals surface area contributed by atoms with Crippen molar-refractivity contribution < 1.29 is 9.53 Å². The van der Waals surface area contributed by atoms with E-state index in [9.17, 15) is 4.79 Å². The summed E-state index contributed by atoms with van der Waals surface area (Å²) in [7, 11) is 1.36. The number of esters is 1. The number of thiazole rings is 1. The van der Waals surface area contributed by atoms with E-state index in [0.717, 1.165) is 30.1 Å². The van der Waals surface area contributed by atoms with Crippen LogP contribution in [0.3, 0.4) is 0 Å². The normalized spacial score (nSPS) is 18.4. The average Bonchev–Trinajstić information content (AvgIpc) is 3.19. The van der Waals surface area contributed by atoms with Crippen LogP contribution in [0.1, 0.15) is 40.1 Å². The van der Waals surface area contributed by atoms with E-state index in [1.165, 1.54) is 7.11 Å². The molecule has 1 aliphatic heterocycles. The first-order valence-electron chi connectivity index (χ1n) is 6.43. The van der Waals surface area contributed by atoms with Gasteiger partial charge in [0.25, 0.3) is 0 Å². The van der Waals surface area contributed by atoms with E-state index in [2.05, 4.69) is 20.6 Å². The van der Waals surface area contributed by atoms with Crippen LogP contribution in [0.25, 0.3) is 0 Å². The largest absolute Gasteiger partial charge is 0.464 e. The Balaban J connectivity index is 1.96. The molecule has 1 fully saturated rings. The lowest BCUT2D eigenvalue weighted by atomic mass is 10.1. The first-order valence-corrected chi connectivity index (χ1v) is 7.31. The van der Waals surface area contributed by atoms with Crippen molar-refractivity contribution in [2.75, 3.05) is 13.7 Å². The molecule has 0 bridgehead atoms. The summed E-state index contributed by atoms with van der Waals surface area (Å²) >= 11 is 1.56. The molecular weight excluding hydrogens is 278 g/mol. The summed E-state index contributed by atoms with van der Waals surface area (Å²) < 4.78 is 6.53. The summed E-state index contributed by atoms with van der Waals surface area (Å²) in [4.78, 5) is 16.1. The molecule has 0 amide bonds. The molecule has 0 radical (unpaired) electrons. The van der Waals surface area contributed by atoms with Gasteiger partial charge in [0.05, 0.1) is 25.4 Å². The number of hydrogen-bond acceptors (Lipinski definition) is 7. The maximum atomic E-state index is 11.8. The van der Waals surface area contributed by atoms with Gasteiger partial charge in [-0.15, -0.1) is 16.4 Å². The quantitative estimate of drug-likeness (QED) is 0.847. The van der Waals surface area contributed by atoms with Gasteiger partial charge in [0.2, 0.25) is 0 Å². The second-order valence-corrected chi connectivity index (χ2v) is 5.53. The highest BCUT2D eigenvalue weighted by atomic mass is 32.1. The van der Waals surface area contributed by atoms with Crippen LogP contribution in [-0.4, -0.2) is 39.6 Å². The molecule has 0 spiro atoms. The topological polar surface area (TPSA) is 81.9 Å². The van der Waals surface area contributed by atoms with Crippen LogP contribution in [0.15, 0.2) is 11.6 Å². The third-order valence-electron chi connectivity index (χ3n) is 3.31. The Labute approximate surface area is 120 Å². The standard InChI is InChI=1S/C12H15N5O2S/c1-19-12(18)10-11(8-3-2-4-13-8)17(16-15-10)7-9-14-5-6-20-9/h5-6,8,13H,2-4,7H2,1H3. The van der Waals surface area contributed by atoms with Crippen LogP contribution in [0.5, 0.6) is 0 Å². The number of carbonyl (C=O) groups excluding carboxylic acids is 1. The molecule has 7 nitrogen and oxygen atoms in total. The van der Waals surface area contributed by atoms with Crippen molar-refractivity contribution in [3.05, 3.63) is 28.0 Å². The predicted molar refractivity (Wildman–Crippen MR) is 72.6 cm³/mol. The molecule has 1 aliphatic rings. The molecule has 0 saturated carbocycles. The second-order valence-electron chi connectivity index (χ2n) is 4.55. The molecule has 0 aliphatic carbocycles. The lowest BCUT2D eigenvalue weighted by molar-refractivity contribution is 0.0591. The summed E-state index contributed by atoms with van der Waals surface area (Å²) in [6, 6.07) is 0.0964. The molecule has 106 valence electrons. The number of rotatable bonds is 4. The van der Waals surface area contributed by atoms with E-state index >= 15 is 0 Å². The van der Waals surface area contributed by atoms with Crippen molar-refractivity contribution in [3.63, 3.8) is 0 Å². The van der Waals surface area contributed by atoms with Gasteiger partial charge in [-0.25, -0.2) is 14.5 Å². The number of methoxy groups -OCH3 is 1. The fourth-order valence-corrected chi connectivity index (χ4v) is 3.00. The van der Waals surface area contributed by atoms with E-state index in [0.29, 0.717) is 12.2 Å². The van der Waals surface area contributed by atoms with Gasteiger partial charge in [0.1, 0.15) is 5.01 Å². The highest BCUT2D eigenvalue weighted by Gasteiger charge is 2.29. The monoisotopic (exact) mass is 293 g/mol. The summed E-state index contributed by atoms with van der Waals surface area (Å²) in [5, 5.41) is 14.3. The Bertz CT molecular complexity index is 589. The zero-order valence-corrected chi connectivity index (χ0v) is 11.9. The van der Waals surface area contributed by atoms with Crippen LogP contribution in [0.2, 0.25) is 0 Å².